The lowest BCUT2D eigenvalue weighted by molar-refractivity contribution is 0.224. The number of hydrogen-bond acceptors (Lipinski definition) is 6. The van der Waals surface area contributed by atoms with Crippen molar-refractivity contribution < 1.29 is 9.15 Å². The molecule has 0 saturated heterocycles. The lowest BCUT2D eigenvalue weighted by Gasteiger charge is -2.11. The average molecular weight is 382 g/mol. The highest BCUT2D eigenvalue weighted by molar-refractivity contribution is 6.32. The molecule has 0 unspecified atom stereocenters. The SMILES string of the molecule is Cc1cc(Nc2cc(-c3ccco3)nn2COc2ccccc2Cl)ncn1. The fourth-order valence-electron chi connectivity index (χ4n) is 2.51. The minimum Gasteiger partial charge on any atom is -0.470 e. The Labute approximate surface area is 160 Å². The molecular weight excluding hydrogens is 366 g/mol. The summed E-state index contributed by atoms with van der Waals surface area (Å²) in [6.07, 6.45) is 3.11. The first-order valence-corrected chi connectivity index (χ1v) is 8.61. The summed E-state index contributed by atoms with van der Waals surface area (Å²) in [5, 5.41) is 8.34. The Morgan fingerprint density at radius 2 is 2.04 bits per heavy atom. The number of halogens is 1. The molecule has 0 aliphatic carbocycles. The molecule has 0 aliphatic heterocycles. The smallest absolute Gasteiger partial charge is 0.183 e. The van der Waals surface area contributed by atoms with Gasteiger partial charge in [0.05, 0.1) is 11.3 Å². The summed E-state index contributed by atoms with van der Waals surface area (Å²) in [5.41, 5.74) is 1.54. The molecule has 136 valence electrons. The third-order valence-electron chi connectivity index (χ3n) is 3.79. The Hall–Kier alpha value is -3.32. The number of benzene rings is 1. The van der Waals surface area contributed by atoms with Crippen LogP contribution in [0.25, 0.3) is 11.5 Å². The first kappa shape index (κ1) is 17.1. The van der Waals surface area contributed by atoms with E-state index in [0.29, 0.717) is 33.9 Å². The van der Waals surface area contributed by atoms with Crippen LogP contribution in [0.3, 0.4) is 0 Å². The number of para-hydroxylation sites is 1. The van der Waals surface area contributed by atoms with Gasteiger partial charge in [-0.3, -0.25) is 0 Å². The highest BCUT2D eigenvalue weighted by atomic mass is 35.5. The van der Waals surface area contributed by atoms with Gasteiger partial charge >= 0.3 is 0 Å². The molecule has 4 rings (SSSR count). The number of rotatable bonds is 6. The van der Waals surface area contributed by atoms with Crippen molar-refractivity contribution in [2.45, 2.75) is 13.7 Å². The van der Waals surface area contributed by atoms with Gasteiger partial charge in [-0.15, -0.1) is 0 Å². The van der Waals surface area contributed by atoms with Crippen LogP contribution in [0.4, 0.5) is 11.6 Å². The molecule has 0 bridgehead atoms. The second-order valence-corrected chi connectivity index (χ2v) is 6.17. The van der Waals surface area contributed by atoms with E-state index in [9.17, 15) is 0 Å². The zero-order valence-electron chi connectivity index (χ0n) is 14.5. The molecule has 27 heavy (non-hydrogen) atoms. The van der Waals surface area contributed by atoms with Gasteiger partial charge < -0.3 is 14.5 Å². The van der Waals surface area contributed by atoms with Crippen molar-refractivity contribution in [2.24, 2.45) is 0 Å². The Kier molecular flexibility index (Phi) is 4.76. The van der Waals surface area contributed by atoms with Crippen molar-refractivity contribution >= 4 is 23.2 Å². The third-order valence-corrected chi connectivity index (χ3v) is 4.10. The number of hydrogen-bond donors (Lipinski definition) is 1. The minimum atomic E-state index is 0.164. The molecule has 7 nitrogen and oxygen atoms in total. The van der Waals surface area contributed by atoms with Gasteiger partial charge in [0.15, 0.2) is 12.5 Å². The molecule has 1 aromatic carbocycles. The normalized spacial score (nSPS) is 10.7. The van der Waals surface area contributed by atoms with E-state index in [0.717, 1.165) is 5.69 Å². The van der Waals surface area contributed by atoms with E-state index in [1.54, 1.807) is 23.1 Å². The number of anilines is 2. The van der Waals surface area contributed by atoms with E-state index in [2.05, 4.69) is 20.4 Å². The Bertz CT molecular complexity index is 1050. The lowest BCUT2D eigenvalue weighted by Crippen LogP contribution is -2.10. The summed E-state index contributed by atoms with van der Waals surface area (Å²) in [4.78, 5) is 8.34. The molecule has 8 heteroatoms. The number of nitrogens with one attached hydrogen (secondary N) is 1. The van der Waals surface area contributed by atoms with Crippen molar-refractivity contribution in [1.82, 2.24) is 19.7 Å². The number of aromatic nitrogens is 4. The second-order valence-electron chi connectivity index (χ2n) is 5.77. The fourth-order valence-corrected chi connectivity index (χ4v) is 2.70. The van der Waals surface area contributed by atoms with Gasteiger partial charge in [-0.25, -0.2) is 14.6 Å². The van der Waals surface area contributed by atoms with E-state index in [1.807, 2.05) is 43.3 Å². The van der Waals surface area contributed by atoms with Crippen molar-refractivity contribution in [3.05, 3.63) is 71.8 Å². The highest BCUT2D eigenvalue weighted by Gasteiger charge is 2.13. The molecule has 0 atom stereocenters. The van der Waals surface area contributed by atoms with Gasteiger partial charge in [-0.05, 0) is 31.2 Å². The Balaban J connectivity index is 1.63. The maximum atomic E-state index is 6.16. The molecule has 3 aromatic heterocycles. The van der Waals surface area contributed by atoms with Crippen LogP contribution in [-0.4, -0.2) is 19.7 Å². The van der Waals surface area contributed by atoms with Crippen LogP contribution < -0.4 is 10.1 Å². The van der Waals surface area contributed by atoms with Crippen LogP contribution in [0.2, 0.25) is 5.02 Å². The molecule has 0 amide bonds. The second kappa shape index (κ2) is 7.51. The summed E-state index contributed by atoms with van der Waals surface area (Å²) < 4.78 is 12.9. The molecule has 3 heterocycles. The monoisotopic (exact) mass is 381 g/mol. The third kappa shape index (κ3) is 3.93. The van der Waals surface area contributed by atoms with Gasteiger partial charge in [-0.1, -0.05) is 23.7 Å². The lowest BCUT2D eigenvalue weighted by atomic mass is 10.3. The fraction of sp³-hybridized carbons (Fsp3) is 0.105. The van der Waals surface area contributed by atoms with Gasteiger partial charge in [0, 0.05) is 17.8 Å². The molecule has 0 radical (unpaired) electrons. The van der Waals surface area contributed by atoms with Gasteiger partial charge in [0.2, 0.25) is 0 Å². The molecule has 0 aliphatic rings. The van der Waals surface area contributed by atoms with Crippen molar-refractivity contribution in [3.8, 4) is 17.2 Å². The maximum Gasteiger partial charge on any atom is 0.183 e. The van der Waals surface area contributed by atoms with E-state index in [-0.39, 0.29) is 6.73 Å². The van der Waals surface area contributed by atoms with Crippen LogP contribution in [0.1, 0.15) is 5.69 Å². The number of nitrogens with zero attached hydrogens (tertiary/aromatic N) is 4. The molecule has 0 fully saturated rings. The number of furan rings is 1. The van der Waals surface area contributed by atoms with Crippen LogP contribution in [-0.2, 0) is 6.73 Å². The van der Waals surface area contributed by atoms with Gasteiger partial charge in [-0.2, -0.15) is 5.10 Å². The molecule has 0 spiro atoms. The zero-order valence-corrected chi connectivity index (χ0v) is 15.2. The van der Waals surface area contributed by atoms with Crippen molar-refractivity contribution in [2.75, 3.05) is 5.32 Å². The first-order valence-electron chi connectivity index (χ1n) is 8.24. The van der Waals surface area contributed by atoms with Crippen molar-refractivity contribution in [3.63, 3.8) is 0 Å². The van der Waals surface area contributed by atoms with Crippen LogP contribution in [0.15, 0.2) is 65.5 Å². The summed E-state index contributed by atoms with van der Waals surface area (Å²) in [6, 6.07) is 14.7. The van der Waals surface area contributed by atoms with E-state index >= 15 is 0 Å². The quantitative estimate of drug-likeness (QED) is 0.522. The predicted octanol–water partition coefficient (Wildman–Crippen LogP) is 4.68. The van der Waals surface area contributed by atoms with Gasteiger partial charge in [0.25, 0.3) is 0 Å². The average Bonchev–Trinajstić information content (AvgIpc) is 3.31. The standard InChI is InChI=1S/C19H16ClN5O2/c1-13-9-18(22-11-21-13)23-19-10-15(17-7-4-8-26-17)24-25(19)12-27-16-6-3-2-5-14(16)20/h2-11H,12H2,1H3,(H,21,22,23). The summed E-state index contributed by atoms with van der Waals surface area (Å²) in [6.45, 7) is 2.07. The minimum absolute atomic E-state index is 0.164. The number of ether oxygens (including phenoxy) is 1. The van der Waals surface area contributed by atoms with Crippen molar-refractivity contribution in [1.29, 1.82) is 0 Å². The molecule has 4 aromatic rings. The molecular formula is C19H16ClN5O2. The van der Waals surface area contributed by atoms with Gasteiger partial charge in [0.1, 0.15) is 29.4 Å². The summed E-state index contributed by atoms with van der Waals surface area (Å²) >= 11 is 6.16. The van der Waals surface area contributed by atoms with Crippen LogP contribution >= 0.6 is 11.6 Å². The number of aryl methyl sites for hydroxylation is 1. The van der Waals surface area contributed by atoms with E-state index < -0.39 is 0 Å². The van der Waals surface area contributed by atoms with Crippen LogP contribution in [0.5, 0.6) is 5.75 Å². The first-order chi connectivity index (χ1) is 13.2. The Morgan fingerprint density at radius 1 is 1.15 bits per heavy atom. The Morgan fingerprint density at radius 3 is 2.81 bits per heavy atom. The summed E-state index contributed by atoms with van der Waals surface area (Å²) in [5.74, 6) is 2.60. The summed E-state index contributed by atoms with van der Waals surface area (Å²) in [7, 11) is 0. The van der Waals surface area contributed by atoms with E-state index in [4.69, 9.17) is 20.8 Å². The maximum absolute atomic E-state index is 6.16. The molecule has 0 saturated carbocycles. The highest BCUT2D eigenvalue weighted by Crippen LogP contribution is 2.27. The zero-order chi connectivity index (χ0) is 18.6. The predicted molar refractivity (Wildman–Crippen MR) is 102 cm³/mol. The van der Waals surface area contributed by atoms with Crippen LogP contribution in [0, 0.1) is 6.92 Å². The molecule has 1 N–H and O–H groups in total. The largest absolute Gasteiger partial charge is 0.470 e. The topological polar surface area (TPSA) is 78.0 Å². The van der Waals surface area contributed by atoms with E-state index in [1.165, 1.54) is 6.33 Å².